The van der Waals surface area contributed by atoms with Crippen molar-refractivity contribution in [2.45, 2.75) is 6.42 Å². The maximum Gasteiger partial charge on any atom is 0.188 e. The lowest BCUT2D eigenvalue weighted by molar-refractivity contribution is 0.0511. The molecule has 0 saturated heterocycles. The Kier molecular flexibility index (Phi) is 4.70. The van der Waals surface area contributed by atoms with Gasteiger partial charge in [0.15, 0.2) is 12.6 Å². The molecule has 19 heavy (non-hydrogen) atoms. The van der Waals surface area contributed by atoms with Crippen LogP contribution in [0, 0.1) is 0 Å². The molecule has 0 aromatic heterocycles. The van der Waals surface area contributed by atoms with Gasteiger partial charge in [0.25, 0.3) is 0 Å². The summed E-state index contributed by atoms with van der Waals surface area (Å²) in [5.74, 6) is 0.851. The standard InChI is InChI=1S/C16H16O3/c1-18-12-19-15-9-7-13(8-10-15)11-16(17)14-5-3-2-4-6-14/h2-10H,11-12H2,1H3. The van der Waals surface area contributed by atoms with Gasteiger partial charge < -0.3 is 9.47 Å². The average molecular weight is 256 g/mol. The van der Waals surface area contributed by atoms with Crippen molar-refractivity contribution >= 4 is 5.78 Å². The molecule has 0 N–H and O–H groups in total. The summed E-state index contributed by atoms with van der Waals surface area (Å²) in [5, 5.41) is 0. The maximum absolute atomic E-state index is 12.0. The van der Waals surface area contributed by atoms with Crippen LogP contribution >= 0.6 is 0 Å². The minimum absolute atomic E-state index is 0.117. The van der Waals surface area contributed by atoms with Crippen LogP contribution in [0.3, 0.4) is 0 Å². The van der Waals surface area contributed by atoms with Gasteiger partial charge in [0.1, 0.15) is 5.75 Å². The number of carbonyl (C=O) groups excluding carboxylic acids is 1. The average Bonchev–Trinajstić information content (AvgIpc) is 2.47. The van der Waals surface area contributed by atoms with Gasteiger partial charge >= 0.3 is 0 Å². The molecule has 0 fully saturated rings. The predicted octanol–water partition coefficient (Wildman–Crippen LogP) is 3.09. The third kappa shape index (κ3) is 3.93. The second-order valence-corrected chi connectivity index (χ2v) is 4.16. The van der Waals surface area contributed by atoms with Gasteiger partial charge in [-0.1, -0.05) is 42.5 Å². The van der Waals surface area contributed by atoms with Gasteiger partial charge in [-0.3, -0.25) is 4.79 Å². The number of carbonyl (C=O) groups is 1. The summed E-state index contributed by atoms with van der Waals surface area (Å²) in [6.45, 7) is 0.224. The maximum atomic E-state index is 12.0. The zero-order chi connectivity index (χ0) is 13.5. The Bertz CT molecular complexity index is 517. The highest BCUT2D eigenvalue weighted by molar-refractivity contribution is 5.97. The predicted molar refractivity (Wildman–Crippen MR) is 73.4 cm³/mol. The molecule has 0 heterocycles. The van der Waals surface area contributed by atoms with Gasteiger partial charge in [0, 0.05) is 19.1 Å². The van der Waals surface area contributed by atoms with Crippen LogP contribution in [0.4, 0.5) is 0 Å². The molecule has 0 bridgehead atoms. The molecule has 0 aliphatic heterocycles. The minimum Gasteiger partial charge on any atom is -0.468 e. The lowest BCUT2D eigenvalue weighted by atomic mass is 10.0. The Labute approximate surface area is 112 Å². The Morgan fingerprint density at radius 3 is 2.32 bits per heavy atom. The van der Waals surface area contributed by atoms with Crippen molar-refractivity contribution in [3.63, 3.8) is 0 Å². The molecule has 0 aliphatic carbocycles. The molecule has 0 spiro atoms. The second kappa shape index (κ2) is 6.71. The summed E-state index contributed by atoms with van der Waals surface area (Å²) < 4.78 is 10.1. The van der Waals surface area contributed by atoms with Crippen molar-refractivity contribution in [1.29, 1.82) is 0 Å². The zero-order valence-electron chi connectivity index (χ0n) is 10.8. The first-order valence-corrected chi connectivity index (χ1v) is 6.08. The fourth-order valence-electron chi connectivity index (χ4n) is 1.74. The van der Waals surface area contributed by atoms with Gasteiger partial charge in [-0.25, -0.2) is 0 Å². The molecular formula is C16H16O3. The summed E-state index contributed by atoms with van der Waals surface area (Å²) in [6.07, 6.45) is 0.397. The molecule has 2 rings (SSSR count). The van der Waals surface area contributed by atoms with Crippen molar-refractivity contribution in [3.05, 3.63) is 65.7 Å². The molecule has 0 radical (unpaired) electrons. The van der Waals surface area contributed by atoms with E-state index in [2.05, 4.69) is 0 Å². The van der Waals surface area contributed by atoms with Crippen molar-refractivity contribution < 1.29 is 14.3 Å². The van der Waals surface area contributed by atoms with Gasteiger partial charge in [-0.2, -0.15) is 0 Å². The van der Waals surface area contributed by atoms with Crippen LogP contribution in [0.25, 0.3) is 0 Å². The zero-order valence-corrected chi connectivity index (χ0v) is 10.8. The van der Waals surface area contributed by atoms with Crippen LogP contribution in [-0.4, -0.2) is 19.7 Å². The van der Waals surface area contributed by atoms with Crippen molar-refractivity contribution in [2.75, 3.05) is 13.9 Å². The summed E-state index contributed by atoms with van der Waals surface area (Å²) in [6, 6.07) is 16.8. The Balaban J connectivity index is 1.98. The van der Waals surface area contributed by atoms with Crippen LogP contribution in [0.2, 0.25) is 0 Å². The largest absolute Gasteiger partial charge is 0.468 e. The van der Waals surface area contributed by atoms with Crippen molar-refractivity contribution in [1.82, 2.24) is 0 Å². The fourth-order valence-corrected chi connectivity index (χ4v) is 1.74. The highest BCUT2D eigenvalue weighted by atomic mass is 16.7. The molecule has 3 nitrogen and oxygen atoms in total. The molecule has 98 valence electrons. The number of rotatable bonds is 6. The third-order valence-electron chi connectivity index (χ3n) is 2.73. The smallest absolute Gasteiger partial charge is 0.188 e. The first kappa shape index (κ1) is 13.3. The Hall–Kier alpha value is -2.13. The number of ketones is 1. The monoisotopic (exact) mass is 256 g/mol. The number of Topliss-reactive ketones (excluding diaryl/α,β-unsaturated/α-hetero) is 1. The van der Waals surface area contributed by atoms with Crippen LogP contribution < -0.4 is 4.74 Å². The first-order valence-electron chi connectivity index (χ1n) is 6.08. The van der Waals surface area contributed by atoms with E-state index in [1.54, 1.807) is 7.11 Å². The van der Waals surface area contributed by atoms with Crippen LogP contribution in [0.15, 0.2) is 54.6 Å². The minimum atomic E-state index is 0.117. The van der Waals surface area contributed by atoms with E-state index in [-0.39, 0.29) is 12.6 Å². The highest BCUT2D eigenvalue weighted by Crippen LogP contribution is 2.14. The van der Waals surface area contributed by atoms with E-state index in [1.807, 2.05) is 54.6 Å². The van der Waals surface area contributed by atoms with Gasteiger partial charge in [0.05, 0.1) is 0 Å². The van der Waals surface area contributed by atoms with E-state index in [1.165, 1.54) is 0 Å². The Morgan fingerprint density at radius 1 is 1.00 bits per heavy atom. The fraction of sp³-hybridized carbons (Fsp3) is 0.188. The van der Waals surface area contributed by atoms with Crippen LogP contribution in [-0.2, 0) is 11.2 Å². The second-order valence-electron chi connectivity index (χ2n) is 4.16. The number of hydrogen-bond donors (Lipinski definition) is 0. The van der Waals surface area contributed by atoms with E-state index in [0.29, 0.717) is 6.42 Å². The number of benzene rings is 2. The van der Waals surface area contributed by atoms with E-state index in [0.717, 1.165) is 16.9 Å². The summed E-state index contributed by atoms with van der Waals surface area (Å²) >= 11 is 0. The first-order chi connectivity index (χ1) is 9.29. The van der Waals surface area contributed by atoms with Gasteiger partial charge in [-0.15, -0.1) is 0 Å². The van der Waals surface area contributed by atoms with Gasteiger partial charge in [0.2, 0.25) is 0 Å². The molecule has 0 saturated carbocycles. The number of hydrogen-bond acceptors (Lipinski definition) is 3. The topological polar surface area (TPSA) is 35.5 Å². The van der Waals surface area contributed by atoms with E-state index in [4.69, 9.17) is 9.47 Å². The molecule has 0 unspecified atom stereocenters. The third-order valence-corrected chi connectivity index (χ3v) is 2.73. The SMILES string of the molecule is COCOc1ccc(CC(=O)c2ccccc2)cc1. The van der Waals surface area contributed by atoms with E-state index < -0.39 is 0 Å². The van der Waals surface area contributed by atoms with E-state index >= 15 is 0 Å². The number of ether oxygens (including phenoxy) is 2. The van der Waals surface area contributed by atoms with Crippen molar-refractivity contribution in [2.24, 2.45) is 0 Å². The molecule has 2 aromatic rings. The molecule has 0 atom stereocenters. The normalized spacial score (nSPS) is 10.2. The van der Waals surface area contributed by atoms with Crippen LogP contribution in [0.1, 0.15) is 15.9 Å². The van der Waals surface area contributed by atoms with E-state index in [9.17, 15) is 4.79 Å². The van der Waals surface area contributed by atoms with Crippen molar-refractivity contribution in [3.8, 4) is 5.75 Å². The lowest BCUT2D eigenvalue weighted by Gasteiger charge is -2.06. The molecule has 3 heteroatoms. The molecule has 0 aliphatic rings. The van der Waals surface area contributed by atoms with Gasteiger partial charge in [-0.05, 0) is 17.7 Å². The Morgan fingerprint density at radius 2 is 1.68 bits per heavy atom. The highest BCUT2D eigenvalue weighted by Gasteiger charge is 2.06. The summed E-state index contributed by atoms with van der Waals surface area (Å²) in [4.78, 5) is 12.0. The molecule has 2 aromatic carbocycles. The quantitative estimate of drug-likeness (QED) is 0.588. The summed E-state index contributed by atoms with van der Waals surface area (Å²) in [7, 11) is 1.58. The summed E-state index contributed by atoms with van der Waals surface area (Å²) in [5.41, 5.74) is 1.71. The number of methoxy groups -OCH3 is 1. The lowest BCUT2D eigenvalue weighted by Crippen LogP contribution is -2.03. The van der Waals surface area contributed by atoms with Crippen LogP contribution in [0.5, 0.6) is 5.75 Å². The molecular weight excluding hydrogens is 240 g/mol. The molecule has 0 amide bonds.